The summed E-state index contributed by atoms with van der Waals surface area (Å²) in [5.74, 6) is 2.19. The van der Waals surface area contributed by atoms with Gasteiger partial charge in [-0.15, -0.1) is 17.8 Å². The zero-order valence-corrected chi connectivity index (χ0v) is 31.9. The molecule has 2 aliphatic carbocycles. The number of methoxy groups -OCH3 is 1. The minimum atomic E-state index is -4.19. The first kappa shape index (κ1) is 36.7. The Morgan fingerprint density at radius 2 is 1.98 bits per heavy atom. The molecule has 4 atom stereocenters. The summed E-state index contributed by atoms with van der Waals surface area (Å²) in [5.41, 5.74) is 0.693. The standard InChI is InChI=1S/C38H44N6O7S2/c1-6-37(14-15-37)53(48,49)42-35(46)38-20-24(38)11-9-7-8-10-16-43(4)34(45)31-18-26(21-44(31)36(47)41-38)51-32-19-29(33-40-30(22-52-33)23(2)3)39-28-17-25(50-5)12-13-27(28)32/h1,9,11-13,17,19,22-24,26,31H,7-8,10,14-16,18,20-21H2,2-5H3,(H,41,47)(H,42,46)/b11-9-/t24-,26+,31+,38-/m1/s1. The molecule has 2 N–H and O–H groups in total. The van der Waals surface area contributed by atoms with Gasteiger partial charge in [-0.1, -0.05) is 31.9 Å². The number of urea groups is 1. The number of fused-ring (bicyclic) bond motifs is 3. The van der Waals surface area contributed by atoms with E-state index in [1.165, 1.54) is 16.2 Å². The molecule has 7 rings (SSSR count). The summed E-state index contributed by atoms with van der Waals surface area (Å²) in [7, 11) is -0.878. The van der Waals surface area contributed by atoms with Gasteiger partial charge in [0, 0.05) is 48.8 Å². The molecule has 0 radical (unpaired) electrons. The Kier molecular flexibility index (Phi) is 9.65. The maximum absolute atomic E-state index is 14.2. The number of rotatable bonds is 8. The van der Waals surface area contributed by atoms with Crippen LogP contribution in [0.2, 0.25) is 0 Å². The first-order valence-electron chi connectivity index (χ1n) is 18.0. The Bertz CT molecular complexity index is 2140. The molecule has 0 spiro atoms. The van der Waals surface area contributed by atoms with Gasteiger partial charge < -0.3 is 24.6 Å². The summed E-state index contributed by atoms with van der Waals surface area (Å²) in [5, 5.41) is 6.33. The van der Waals surface area contributed by atoms with Crippen LogP contribution in [0.4, 0.5) is 4.79 Å². The average Bonchev–Trinajstić information content (AvgIpc) is 3.96. The van der Waals surface area contributed by atoms with E-state index in [0.717, 1.165) is 28.9 Å². The molecule has 0 unspecified atom stereocenters. The summed E-state index contributed by atoms with van der Waals surface area (Å²) in [6.07, 6.45) is 11.9. The fourth-order valence-electron chi connectivity index (χ4n) is 7.10. The third kappa shape index (κ3) is 6.94. The fourth-order valence-corrected chi connectivity index (χ4v) is 9.45. The van der Waals surface area contributed by atoms with Crippen molar-refractivity contribution in [3.63, 3.8) is 0 Å². The quantitative estimate of drug-likeness (QED) is 0.247. The van der Waals surface area contributed by atoms with Crippen molar-refractivity contribution in [2.75, 3.05) is 27.2 Å². The van der Waals surface area contributed by atoms with Crippen molar-refractivity contribution in [3.8, 4) is 34.5 Å². The lowest BCUT2D eigenvalue weighted by atomic mass is 10.1. The Morgan fingerprint density at radius 3 is 2.68 bits per heavy atom. The highest BCUT2D eigenvalue weighted by Crippen LogP contribution is 2.47. The minimum absolute atomic E-state index is 0.0385. The Hall–Kier alpha value is -4.68. The van der Waals surface area contributed by atoms with Crippen molar-refractivity contribution in [1.29, 1.82) is 0 Å². The van der Waals surface area contributed by atoms with Gasteiger partial charge in [0.25, 0.3) is 15.9 Å². The first-order valence-corrected chi connectivity index (χ1v) is 20.3. The van der Waals surface area contributed by atoms with Crippen LogP contribution in [0.15, 0.2) is 41.8 Å². The summed E-state index contributed by atoms with van der Waals surface area (Å²) in [6.45, 7) is 4.71. The highest BCUT2D eigenvalue weighted by atomic mass is 32.2. The number of carbonyl (C=O) groups excluding carboxylic acids is 3. The molecular formula is C38H44N6O7S2. The molecule has 3 fully saturated rings. The molecular weight excluding hydrogens is 717 g/mol. The van der Waals surface area contributed by atoms with Gasteiger partial charge in [0.2, 0.25) is 5.91 Å². The van der Waals surface area contributed by atoms with Crippen molar-refractivity contribution >= 4 is 50.1 Å². The number of allylic oxidation sites excluding steroid dienone is 1. The Balaban J connectivity index is 1.20. The lowest BCUT2D eigenvalue weighted by Gasteiger charge is -2.30. The van der Waals surface area contributed by atoms with Crippen molar-refractivity contribution < 1.29 is 32.3 Å². The van der Waals surface area contributed by atoms with E-state index < -0.39 is 50.3 Å². The van der Waals surface area contributed by atoms with E-state index >= 15 is 0 Å². The predicted molar refractivity (Wildman–Crippen MR) is 201 cm³/mol. The Morgan fingerprint density at radius 1 is 1.19 bits per heavy atom. The normalized spacial score (nSPS) is 26.2. The van der Waals surface area contributed by atoms with Gasteiger partial charge in [0.15, 0.2) is 4.75 Å². The zero-order chi connectivity index (χ0) is 37.7. The minimum Gasteiger partial charge on any atom is -0.497 e. The molecule has 13 nitrogen and oxygen atoms in total. The molecule has 15 heteroatoms. The predicted octanol–water partition coefficient (Wildman–Crippen LogP) is 4.59. The zero-order valence-electron chi connectivity index (χ0n) is 30.3. The number of hydrogen-bond acceptors (Lipinski definition) is 10. The van der Waals surface area contributed by atoms with Gasteiger partial charge in [-0.3, -0.25) is 9.59 Å². The summed E-state index contributed by atoms with van der Waals surface area (Å²) in [4.78, 5) is 54.7. The third-order valence-electron chi connectivity index (χ3n) is 10.7. The van der Waals surface area contributed by atoms with E-state index in [9.17, 15) is 22.8 Å². The van der Waals surface area contributed by atoms with Crippen LogP contribution in [-0.4, -0.2) is 95.7 Å². The number of aromatic nitrogens is 2. The van der Waals surface area contributed by atoms with Gasteiger partial charge in [-0.2, -0.15) is 0 Å². The van der Waals surface area contributed by atoms with Crippen molar-refractivity contribution in [2.45, 2.75) is 87.1 Å². The number of nitrogens with zero attached hydrogens (tertiary/aromatic N) is 4. The second-order valence-corrected chi connectivity index (χ2v) is 17.6. The van der Waals surface area contributed by atoms with E-state index in [1.807, 2.05) is 41.8 Å². The number of ether oxygens (including phenoxy) is 2. The number of pyridine rings is 1. The van der Waals surface area contributed by atoms with Crippen LogP contribution in [0.3, 0.4) is 0 Å². The van der Waals surface area contributed by atoms with E-state index in [0.29, 0.717) is 35.7 Å². The molecule has 2 aliphatic heterocycles. The largest absolute Gasteiger partial charge is 0.497 e. The molecule has 4 aliphatic rings. The molecule has 2 aromatic heterocycles. The molecule has 0 bridgehead atoms. The summed E-state index contributed by atoms with van der Waals surface area (Å²) >= 11 is 1.49. The second kappa shape index (κ2) is 13.9. The highest BCUT2D eigenvalue weighted by Gasteiger charge is 2.63. The average molecular weight is 761 g/mol. The topological polar surface area (TPSA) is 160 Å². The maximum atomic E-state index is 14.2. The van der Waals surface area contributed by atoms with E-state index in [1.54, 1.807) is 19.1 Å². The van der Waals surface area contributed by atoms with Gasteiger partial charge in [-0.05, 0) is 56.6 Å². The van der Waals surface area contributed by atoms with Crippen molar-refractivity contribution in [3.05, 3.63) is 47.5 Å². The van der Waals surface area contributed by atoms with Crippen LogP contribution in [-0.2, 0) is 19.6 Å². The SMILES string of the molecule is C#CC1(S(=O)(=O)NC(=O)[C@@]23C[C@H]2/C=C\CCCCN(C)C(=O)[C@@H]2C[C@H](Oc4cc(-c5nc(C(C)C)cs5)nc5cc(OC)ccc45)CN2C(=O)N3)CC1. The molecule has 53 heavy (non-hydrogen) atoms. The lowest BCUT2D eigenvalue weighted by molar-refractivity contribution is -0.134. The van der Waals surface area contributed by atoms with E-state index in [2.05, 4.69) is 29.8 Å². The fraction of sp³-hybridized carbons (Fsp3) is 0.500. The molecule has 1 saturated heterocycles. The smallest absolute Gasteiger partial charge is 0.319 e. The van der Waals surface area contributed by atoms with E-state index in [-0.39, 0.29) is 44.1 Å². The van der Waals surface area contributed by atoms with Crippen LogP contribution in [0, 0.1) is 18.3 Å². The van der Waals surface area contributed by atoms with Crippen LogP contribution in [0.5, 0.6) is 11.5 Å². The molecule has 280 valence electrons. The second-order valence-electron chi connectivity index (χ2n) is 14.7. The van der Waals surface area contributed by atoms with E-state index in [4.69, 9.17) is 25.9 Å². The number of hydrogen-bond donors (Lipinski definition) is 2. The maximum Gasteiger partial charge on any atom is 0.319 e. The molecule has 4 heterocycles. The molecule has 3 aromatic rings. The highest BCUT2D eigenvalue weighted by molar-refractivity contribution is 7.92. The molecule has 2 saturated carbocycles. The van der Waals surface area contributed by atoms with Crippen LogP contribution < -0.4 is 19.5 Å². The number of amides is 4. The number of carbonyl (C=O) groups is 3. The first-order chi connectivity index (χ1) is 25.3. The van der Waals surface area contributed by atoms with Gasteiger partial charge in [-0.25, -0.2) is 27.9 Å². The van der Waals surface area contributed by atoms with Crippen LogP contribution >= 0.6 is 11.3 Å². The summed E-state index contributed by atoms with van der Waals surface area (Å²) in [6, 6.07) is 5.80. The number of sulfonamides is 1. The number of likely N-dealkylation sites (N-methyl/N-ethyl adjacent to an activating group) is 1. The third-order valence-corrected chi connectivity index (χ3v) is 13.6. The number of terminal acetylenes is 1. The number of nitrogens with one attached hydrogen (secondary N) is 2. The molecule has 4 amide bonds. The van der Waals surface area contributed by atoms with Crippen LogP contribution in [0.25, 0.3) is 21.6 Å². The lowest BCUT2D eigenvalue weighted by Crippen LogP contribution is -2.58. The summed E-state index contributed by atoms with van der Waals surface area (Å²) < 4.78 is 39.2. The van der Waals surface area contributed by atoms with Gasteiger partial charge in [0.1, 0.15) is 39.9 Å². The Labute approximate surface area is 313 Å². The molecule has 1 aromatic carbocycles. The number of thiazole rings is 1. The number of benzene rings is 1. The van der Waals surface area contributed by atoms with Gasteiger partial charge in [0.05, 0.1) is 24.9 Å². The monoisotopic (exact) mass is 760 g/mol. The van der Waals surface area contributed by atoms with Crippen LogP contribution in [0.1, 0.15) is 70.4 Å². The van der Waals surface area contributed by atoms with Crippen molar-refractivity contribution in [2.24, 2.45) is 5.92 Å². The van der Waals surface area contributed by atoms with Crippen molar-refractivity contribution in [1.82, 2.24) is 29.8 Å². The van der Waals surface area contributed by atoms with Gasteiger partial charge >= 0.3 is 6.03 Å².